The minimum absolute atomic E-state index is 0.0598. The van der Waals surface area contributed by atoms with Crippen LogP contribution in [-0.2, 0) is 9.26 Å². The zero-order valence-electron chi connectivity index (χ0n) is 4.92. The van der Waals surface area contributed by atoms with Crippen molar-refractivity contribution in [2.45, 2.75) is 0 Å². The van der Waals surface area contributed by atoms with E-state index in [4.69, 9.17) is 9.79 Å². The summed E-state index contributed by atoms with van der Waals surface area (Å²) in [6.45, 7) is 1.18. The van der Waals surface area contributed by atoms with Crippen molar-refractivity contribution < 1.29 is 19.0 Å². The summed E-state index contributed by atoms with van der Waals surface area (Å²) in [6, 6.07) is 0. The Bertz CT molecular complexity index is 58.8. The van der Waals surface area contributed by atoms with Gasteiger partial charge in [-0.2, -0.15) is 0 Å². The van der Waals surface area contributed by atoms with Crippen molar-refractivity contribution in [3.8, 4) is 0 Å². The van der Waals surface area contributed by atoms with Crippen molar-refractivity contribution in [3.63, 3.8) is 0 Å². The van der Waals surface area contributed by atoms with Gasteiger partial charge in [-0.05, 0) is 0 Å². The maximum absolute atomic E-state index is 8.54. The van der Waals surface area contributed by atoms with Gasteiger partial charge in [-0.3, -0.25) is 0 Å². The predicted molar refractivity (Wildman–Crippen MR) is 31.6 cm³/mol. The van der Waals surface area contributed by atoms with Crippen molar-refractivity contribution in [2.75, 3.05) is 20.6 Å². The Labute approximate surface area is 48.6 Å². The van der Waals surface area contributed by atoms with E-state index in [0.717, 1.165) is 0 Å². The fourth-order valence-electron chi connectivity index (χ4n) is 0.171. The molecule has 0 aromatic rings. The van der Waals surface area contributed by atoms with Crippen molar-refractivity contribution in [1.82, 2.24) is 0 Å². The third-order valence-electron chi connectivity index (χ3n) is 0.450. The zero-order chi connectivity index (χ0) is 6.62. The molecule has 0 aliphatic carbocycles. The molecule has 4 nitrogen and oxygen atoms in total. The van der Waals surface area contributed by atoms with E-state index < -0.39 is 7.94 Å². The third kappa shape index (κ3) is 6.27. The van der Waals surface area contributed by atoms with Gasteiger partial charge in [0, 0.05) is 0 Å². The maximum atomic E-state index is 8.54. The minimum atomic E-state index is -3.30. The number of methoxy groups -OCH3 is 1. The number of ether oxygens (including phenoxy) is 1. The quantitative estimate of drug-likeness (QED) is 0.420. The standard InChI is InChI=1S/C3H11O4P/c1-6-3-7-8(2,4)5/h4-5,8H,3H2,1-2H3. The van der Waals surface area contributed by atoms with Crippen LogP contribution < -0.4 is 0 Å². The van der Waals surface area contributed by atoms with E-state index in [1.54, 1.807) is 0 Å². The monoisotopic (exact) mass is 142 g/mol. The van der Waals surface area contributed by atoms with E-state index >= 15 is 0 Å². The molecule has 0 bridgehead atoms. The Morgan fingerprint density at radius 3 is 2.12 bits per heavy atom. The first-order valence-electron chi connectivity index (χ1n) is 2.14. The molecule has 0 rings (SSSR count). The molecule has 0 heterocycles. The summed E-state index contributed by atoms with van der Waals surface area (Å²) in [7, 11) is -1.89. The summed E-state index contributed by atoms with van der Waals surface area (Å²) < 4.78 is 8.82. The first-order valence-corrected chi connectivity index (χ1v) is 4.44. The second-order valence-electron chi connectivity index (χ2n) is 1.48. The predicted octanol–water partition coefficient (Wildman–Crippen LogP) is -0.284. The van der Waals surface area contributed by atoms with Crippen molar-refractivity contribution in [2.24, 2.45) is 0 Å². The Hall–Kier alpha value is 0.270. The van der Waals surface area contributed by atoms with Crippen LogP contribution in [0, 0.1) is 0 Å². The molecule has 0 radical (unpaired) electrons. The number of hydrogen-bond donors (Lipinski definition) is 2. The van der Waals surface area contributed by atoms with Gasteiger partial charge in [-0.15, -0.1) is 0 Å². The van der Waals surface area contributed by atoms with Crippen LogP contribution in [0.3, 0.4) is 0 Å². The van der Waals surface area contributed by atoms with E-state index in [9.17, 15) is 0 Å². The molecule has 0 saturated heterocycles. The van der Waals surface area contributed by atoms with Gasteiger partial charge in [0.25, 0.3) is 0 Å². The first-order chi connectivity index (χ1) is 3.56. The van der Waals surface area contributed by atoms with Gasteiger partial charge in [-0.25, -0.2) is 0 Å². The summed E-state index contributed by atoms with van der Waals surface area (Å²) >= 11 is 0. The topological polar surface area (TPSA) is 58.9 Å². The normalized spacial score (nSPS) is 14.0. The zero-order valence-corrected chi connectivity index (χ0v) is 5.92. The first kappa shape index (κ1) is 8.27. The SMILES string of the molecule is COCO[PH](C)(O)O. The van der Waals surface area contributed by atoms with Crippen LogP contribution in [0.15, 0.2) is 0 Å². The molecule has 0 unspecified atom stereocenters. The van der Waals surface area contributed by atoms with Crippen molar-refractivity contribution >= 4 is 7.94 Å². The van der Waals surface area contributed by atoms with Gasteiger partial charge in [-0.1, -0.05) is 0 Å². The van der Waals surface area contributed by atoms with Crippen LogP contribution in [0.1, 0.15) is 0 Å². The average molecular weight is 142 g/mol. The molecular formula is C3H11O4P. The molecule has 0 aliphatic rings. The number of rotatable bonds is 3. The molecule has 0 amide bonds. The Balaban J connectivity index is 3.11. The molecule has 0 aliphatic heterocycles. The van der Waals surface area contributed by atoms with Crippen LogP contribution in [0.25, 0.3) is 0 Å². The van der Waals surface area contributed by atoms with Crippen LogP contribution in [0.4, 0.5) is 0 Å². The average Bonchev–Trinajstić information content (AvgIpc) is 1.59. The second-order valence-corrected chi connectivity index (χ2v) is 3.64. The fourth-order valence-corrected chi connectivity index (χ4v) is 0.512. The van der Waals surface area contributed by atoms with Crippen LogP contribution in [-0.4, -0.2) is 30.4 Å². The van der Waals surface area contributed by atoms with Crippen LogP contribution >= 0.6 is 7.94 Å². The van der Waals surface area contributed by atoms with E-state index in [1.807, 2.05) is 0 Å². The van der Waals surface area contributed by atoms with E-state index in [1.165, 1.54) is 13.8 Å². The van der Waals surface area contributed by atoms with Gasteiger partial charge < -0.3 is 0 Å². The summed E-state index contributed by atoms with van der Waals surface area (Å²) in [6.07, 6.45) is 0. The molecule has 5 heteroatoms. The van der Waals surface area contributed by atoms with E-state index in [-0.39, 0.29) is 6.79 Å². The van der Waals surface area contributed by atoms with Crippen molar-refractivity contribution in [1.29, 1.82) is 0 Å². The summed E-state index contributed by atoms with van der Waals surface area (Å²) in [5, 5.41) is 0. The molecular weight excluding hydrogens is 131 g/mol. The van der Waals surface area contributed by atoms with Gasteiger partial charge in [0.1, 0.15) is 0 Å². The van der Waals surface area contributed by atoms with Gasteiger partial charge in [0.15, 0.2) is 0 Å². The van der Waals surface area contributed by atoms with Crippen LogP contribution in [0.2, 0.25) is 0 Å². The Morgan fingerprint density at radius 2 is 2.00 bits per heavy atom. The summed E-state index contributed by atoms with van der Waals surface area (Å²) in [4.78, 5) is 17.1. The second kappa shape index (κ2) is 3.33. The van der Waals surface area contributed by atoms with E-state index in [0.29, 0.717) is 0 Å². The molecule has 0 atom stereocenters. The van der Waals surface area contributed by atoms with E-state index in [2.05, 4.69) is 9.26 Å². The Kier molecular flexibility index (Phi) is 3.44. The van der Waals surface area contributed by atoms with Gasteiger partial charge in [0.05, 0.1) is 0 Å². The summed E-state index contributed by atoms with van der Waals surface area (Å²) in [5.41, 5.74) is 0. The molecule has 0 spiro atoms. The number of hydrogen-bond acceptors (Lipinski definition) is 4. The summed E-state index contributed by atoms with van der Waals surface area (Å²) in [5.74, 6) is 0. The molecule has 0 aromatic carbocycles. The Morgan fingerprint density at radius 1 is 1.50 bits per heavy atom. The van der Waals surface area contributed by atoms with Crippen molar-refractivity contribution in [3.05, 3.63) is 0 Å². The van der Waals surface area contributed by atoms with Crippen LogP contribution in [0.5, 0.6) is 0 Å². The molecule has 2 N–H and O–H groups in total. The molecule has 8 heavy (non-hydrogen) atoms. The molecule has 0 aromatic heterocycles. The molecule has 0 saturated carbocycles. The van der Waals surface area contributed by atoms with Gasteiger partial charge in [0.2, 0.25) is 0 Å². The molecule has 52 valence electrons. The fraction of sp³-hybridized carbons (Fsp3) is 1.00. The third-order valence-corrected chi connectivity index (χ3v) is 1.11. The molecule has 0 fully saturated rings. The van der Waals surface area contributed by atoms with Gasteiger partial charge >= 0.3 is 47.6 Å².